The van der Waals surface area contributed by atoms with Crippen LogP contribution in [0.1, 0.15) is 31.7 Å². The van der Waals surface area contributed by atoms with E-state index in [0.29, 0.717) is 6.42 Å². The summed E-state index contributed by atoms with van der Waals surface area (Å²) in [6, 6.07) is 8.47. The van der Waals surface area contributed by atoms with E-state index in [9.17, 15) is 4.79 Å². The van der Waals surface area contributed by atoms with Gasteiger partial charge in [-0.3, -0.25) is 15.2 Å². The predicted molar refractivity (Wildman–Crippen MR) is 71.1 cm³/mol. The highest BCUT2D eigenvalue weighted by Crippen LogP contribution is 2.32. The van der Waals surface area contributed by atoms with Gasteiger partial charge < -0.3 is 5.32 Å². The molecule has 0 aliphatic carbocycles. The zero-order valence-electron chi connectivity index (χ0n) is 10.7. The van der Waals surface area contributed by atoms with Crippen molar-refractivity contribution in [1.82, 2.24) is 10.7 Å². The lowest BCUT2D eigenvalue weighted by Crippen LogP contribution is -2.35. The summed E-state index contributed by atoms with van der Waals surface area (Å²) in [5, 5.41) is 5.50. The minimum atomic E-state index is 0.0831. The molecule has 1 aromatic carbocycles. The highest BCUT2D eigenvalue weighted by atomic mass is 16.2. The molecule has 2 aliphatic rings. The van der Waals surface area contributed by atoms with Crippen LogP contribution in [0.2, 0.25) is 0 Å². The van der Waals surface area contributed by atoms with Crippen molar-refractivity contribution < 1.29 is 4.79 Å². The first kappa shape index (κ1) is 11.5. The van der Waals surface area contributed by atoms with Crippen LogP contribution in [0.4, 0.5) is 5.69 Å². The molecule has 1 atom stereocenters. The fourth-order valence-electron chi connectivity index (χ4n) is 2.83. The van der Waals surface area contributed by atoms with Crippen molar-refractivity contribution >= 4 is 11.6 Å². The van der Waals surface area contributed by atoms with Gasteiger partial charge in [0.15, 0.2) is 0 Å². The first-order valence-electron chi connectivity index (χ1n) is 6.60. The second-order valence-electron chi connectivity index (χ2n) is 5.35. The minimum Gasteiger partial charge on any atom is -0.308 e. The molecule has 4 heteroatoms. The quantitative estimate of drug-likeness (QED) is 0.830. The predicted octanol–water partition coefficient (Wildman–Crippen LogP) is 1.53. The van der Waals surface area contributed by atoms with E-state index in [1.54, 1.807) is 0 Å². The Bertz CT molecular complexity index is 466. The van der Waals surface area contributed by atoms with Crippen molar-refractivity contribution in [2.45, 2.75) is 31.7 Å². The number of rotatable bonds is 2. The second-order valence-corrected chi connectivity index (χ2v) is 5.35. The van der Waals surface area contributed by atoms with Crippen LogP contribution < -0.4 is 15.8 Å². The van der Waals surface area contributed by atoms with Crippen molar-refractivity contribution in [1.29, 1.82) is 0 Å². The molecule has 0 radical (unpaired) electrons. The Labute approximate surface area is 107 Å². The Morgan fingerprint density at radius 2 is 2.28 bits per heavy atom. The van der Waals surface area contributed by atoms with E-state index in [4.69, 9.17) is 0 Å². The van der Waals surface area contributed by atoms with Gasteiger partial charge in [-0.2, -0.15) is 0 Å². The zero-order valence-corrected chi connectivity index (χ0v) is 10.7. The average Bonchev–Trinajstić information content (AvgIpc) is 2.99. The number of benzene rings is 1. The van der Waals surface area contributed by atoms with Gasteiger partial charge in [0.1, 0.15) is 0 Å². The summed E-state index contributed by atoms with van der Waals surface area (Å²) >= 11 is 0. The Hall–Kier alpha value is -1.55. The number of hydrogen-bond acceptors (Lipinski definition) is 3. The van der Waals surface area contributed by atoms with Gasteiger partial charge in [0.05, 0.1) is 5.69 Å². The summed E-state index contributed by atoms with van der Waals surface area (Å²) < 4.78 is 0. The number of hydrazine groups is 1. The highest BCUT2D eigenvalue weighted by Gasteiger charge is 2.30. The van der Waals surface area contributed by atoms with E-state index in [2.05, 4.69) is 35.9 Å². The summed E-state index contributed by atoms with van der Waals surface area (Å²) in [5.74, 6) is 0.102. The van der Waals surface area contributed by atoms with Crippen LogP contribution in [0.25, 0.3) is 0 Å². The molecule has 2 aliphatic heterocycles. The van der Waals surface area contributed by atoms with Gasteiger partial charge >= 0.3 is 0 Å². The number of hydrogen-bond donors (Lipinski definition) is 2. The van der Waals surface area contributed by atoms with Gasteiger partial charge in [0.2, 0.25) is 5.91 Å². The molecule has 1 aromatic rings. The van der Waals surface area contributed by atoms with E-state index >= 15 is 0 Å². The van der Waals surface area contributed by atoms with E-state index in [1.807, 2.05) is 11.1 Å². The lowest BCUT2D eigenvalue weighted by Gasteiger charge is -2.27. The van der Waals surface area contributed by atoms with Crippen LogP contribution in [0, 0.1) is 0 Å². The third-order valence-electron chi connectivity index (χ3n) is 3.99. The maximum absolute atomic E-state index is 11.3. The Morgan fingerprint density at radius 1 is 1.39 bits per heavy atom. The molecule has 1 unspecified atom stereocenters. The van der Waals surface area contributed by atoms with Crippen LogP contribution in [-0.2, 0) is 10.3 Å². The van der Waals surface area contributed by atoms with Crippen molar-refractivity contribution in [2.75, 3.05) is 18.1 Å². The smallest absolute Gasteiger partial charge is 0.240 e. The molecule has 0 spiro atoms. The molecule has 96 valence electrons. The van der Waals surface area contributed by atoms with Gasteiger partial charge in [-0.25, -0.2) is 0 Å². The van der Waals surface area contributed by atoms with E-state index < -0.39 is 0 Å². The number of carbonyl (C=O) groups is 1. The largest absolute Gasteiger partial charge is 0.308 e. The second kappa shape index (κ2) is 4.28. The maximum Gasteiger partial charge on any atom is 0.240 e. The number of nitrogens with zero attached hydrogens (tertiary/aromatic N) is 1. The lowest BCUT2D eigenvalue weighted by molar-refractivity contribution is -0.119. The standard InChI is InChI=1S/C14H19N3O/c1-14(7-3-8-15-14)11-4-2-5-12(10-11)17-9-6-13(18)16-17/h2,4-5,10,15H,3,6-9H2,1H3,(H,16,18). The molecule has 18 heavy (non-hydrogen) atoms. The number of amides is 1. The Balaban J connectivity index is 1.87. The first-order valence-corrected chi connectivity index (χ1v) is 6.60. The third-order valence-corrected chi connectivity index (χ3v) is 3.99. The van der Waals surface area contributed by atoms with Crippen molar-refractivity contribution in [3.8, 4) is 0 Å². The zero-order chi connectivity index (χ0) is 12.6. The topological polar surface area (TPSA) is 44.4 Å². The maximum atomic E-state index is 11.3. The summed E-state index contributed by atoms with van der Waals surface area (Å²) in [4.78, 5) is 11.3. The molecule has 2 N–H and O–H groups in total. The Kier molecular flexibility index (Phi) is 2.74. The Morgan fingerprint density at radius 3 is 2.94 bits per heavy atom. The summed E-state index contributed by atoms with van der Waals surface area (Å²) in [5.41, 5.74) is 5.34. The molecule has 4 nitrogen and oxygen atoms in total. The molecular weight excluding hydrogens is 226 g/mol. The van der Waals surface area contributed by atoms with Crippen LogP contribution in [0.15, 0.2) is 24.3 Å². The van der Waals surface area contributed by atoms with E-state index in [1.165, 1.54) is 18.4 Å². The van der Waals surface area contributed by atoms with Crippen LogP contribution >= 0.6 is 0 Å². The minimum absolute atomic E-state index is 0.0831. The lowest BCUT2D eigenvalue weighted by atomic mass is 9.90. The summed E-state index contributed by atoms with van der Waals surface area (Å²) in [6.07, 6.45) is 2.98. The number of nitrogens with one attached hydrogen (secondary N) is 2. The highest BCUT2D eigenvalue weighted by molar-refractivity contribution is 5.81. The molecule has 0 aromatic heterocycles. The molecular formula is C14H19N3O. The molecule has 2 saturated heterocycles. The summed E-state index contributed by atoms with van der Waals surface area (Å²) in [6.45, 7) is 4.09. The van der Waals surface area contributed by atoms with E-state index in [0.717, 1.165) is 18.8 Å². The van der Waals surface area contributed by atoms with E-state index in [-0.39, 0.29) is 11.4 Å². The molecule has 2 heterocycles. The van der Waals surface area contributed by atoms with Gasteiger partial charge in [-0.1, -0.05) is 12.1 Å². The van der Waals surface area contributed by atoms with Gasteiger partial charge in [0, 0.05) is 18.5 Å². The van der Waals surface area contributed by atoms with Gasteiger partial charge in [-0.05, 0) is 44.0 Å². The van der Waals surface area contributed by atoms with Crippen molar-refractivity contribution in [3.05, 3.63) is 29.8 Å². The molecule has 0 saturated carbocycles. The molecule has 2 fully saturated rings. The number of carbonyl (C=O) groups excluding carboxylic acids is 1. The molecule has 0 bridgehead atoms. The van der Waals surface area contributed by atoms with Crippen LogP contribution in [0.3, 0.4) is 0 Å². The van der Waals surface area contributed by atoms with Crippen molar-refractivity contribution in [3.63, 3.8) is 0 Å². The monoisotopic (exact) mass is 245 g/mol. The first-order chi connectivity index (χ1) is 8.67. The molecule has 1 amide bonds. The van der Waals surface area contributed by atoms with Gasteiger partial charge in [-0.15, -0.1) is 0 Å². The van der Waals surface area contributed by atoms with Crippen LogP contribution in [-0.4, -0.2) is 19.0 Å². The number of anilines is 1. The normalized spacial score (nSPS) is 27.6. The molecule has 3 rings (SSSR count). The third kappa shape index (κ3) is 1.97. The average molecular weight is 245 g/mol. The van der Waals surface area contributed by atoms with Crippen LogP contribution in [0.5, 0.6) is 0 Å². The fourth-order valence-corrected chi connectivity index (χ4v) is 2.83. The summed E-state index contributed by atoms with van der Waals surface area (Å²) in [7, 11) is 0. The van der Waals surface area contributed by atoms with Gasteiger partial charge in [0.25, 0.3) is 0 Å². The SMILES string of the molecule is CC1(c2cccc(N3CCC(=O)N3)c2)CCCN1. The fraction of sp³-hybridized carbons (Fsp3) is 0.500. The van der Waals surface area contributed by atoms with Crippen molar-refractivity contribution in [2.24, 2.45) is 0 Å².